The second kappa shape index (κ2) is 10.6. The van der Waals surface area contributed by atoms with Crippen LogP contribution in [-0.2, 0) is 31.6 Å². The molecule has 2 unspecified atom stereocenters. The zero-order valence-corrected chi connectivity index (χ0v) is 25.1. The van der Waals surface area contributed by atoms with Gasteiger partial charge in [0.2, 0.25) is 10.0 Å². The molecule has 4 aromatic heterocycles. The lowest BCUT2D eigenvalue weighted by Crippen LogP contribution is -2.43. The highest BCUT2D eigenvalue weighted by Crippen LogP contribution is 2.48. The van der Waals surface area contributed by atoms with E-state index in [9.17, 15) is 8.42 Å². The second-order valence-corrected chi connectivity index (χ2v) is 14.2. The van der Waals surface area contributed by atoms with Crippen LogP contribution in [0.3, 0.4) is 0 Å². The Labute approximate surface area is 247 Å². The Morgan fingerprint density at radius 2 is 2.10 bits per heavy atom. The van der Waals surface area contributed by atoms with Gasteiger partial charge in [0.1, 0.15) is 22.1 Å². The Bertz CT molecular complexity index is 1780. The van der Waals surface area contributed by atoms with Crippen molar-refractivity contribution in [1.29, 1.82) is 0 Å². The molecule has 0 saturated heterocycles. The van der Waals surface area contributed by atoms with Gasteiger partial charge in [-0.3, -0.25) is 4.68 Å². The van der Waals surface area contributed by atoms with E-state index in [1.165, 1.54) is 3.97 Å². The maximum Gasteiger partial charge on any atom is 0.250 e. The third-order valence-corrected chi connectivity index (χ3v) is 11.7. The average molecular weight is 612 g/mol. The minimum atomic E-state index is -4.06. The van der Waals surface area contributed by atoms with E-state index in [-0.39, 0.29) is 6.79 Å². The zero-order chi connectivity index (χ0) is 28.8. The molecule has 12 heteroatoms. The molecule has 214 valence electrons. The molecular formula is C29H30ClN5O4S2. The summed E-state index contributed by atoms with van der Waals surface area (Å²) in [7, 11) is -2.45. The number of allylic oxidation sites excluding steroid dienone is 4. The standard InChI is InChI=1S/C29H30ClN5O4S2/c1-4-13-34-18-20(16-33-34)24-7-6-21(30)15-28(24,2)41(36,37)35-14-9-23-22(8-12-31-26(23)35)25-17-32-27(40-25)29(10-5-11-29)39-19-38-3/h4,6-9,12,14-18,24H,1,5,10-11,13,19H2,2-3H3. The molecule has 2 atom stereocenters. The molecule has 0 N–H and O–H groups in total. The third-order valence-electron chi connectivity index (χ3n) is 7.96. The fraction of sp³-hybridized carbons (Fsp3) is 0.345. The number of hydrogen-bond donors (Lipinski definition) is 0. The molecular weight excluding hydrogens is 582 g/mol. The lowest BCUT2D eigenvalue weighted by molar-refractivity contribution is -0.171. The predicted molar refractivity (Wildman–Crippen MR) is 160 cm³/mol. The van der Waals surface area contributed by atoms with Gasteiger partial charge >= 0.3 is 0 Å². The molecule has 6 rings (SSSR count). The number of hydrogen-bond acceptors (Lipinski definition) is 8. The van der Waals surface area contributed by atoms with Crippen molar-refractivity contribution < 1.29 is 17.9 Å². The van der Waals surface area contributed by atoms with Crippen molar-refractivity contribution in [3.8, 4) is 10.4 Å². The Hall–Kier alpha value is -3.09. The van der Waals surface area contributed by atoms with Crippen LogP contribution in [0.2, 0.25) is 0 Å². The van der Waals surface area contributed by atoms with Gasteiger partial charge in [0.15, 0.2) is 5.65 Å². The van der Waals surface area contributed by atoms with Crippen LogP contribution in [-0.4, -0.2) is 50.8 Å². The summed E-state index contributed by atoms with van der Waals surface area (Å²) in [4.78, 5) is 10.1. The highest BCUT2D eigenvalue weighted by atomic mass is 35.5. The second-order valence-electron chi connectivity index (χ2n) is 10.5. The van der Waals surface area contributed by atoms with Crippen LogP contribution in [0.25, 0.3) is 21.5 Å². The lowest BCUT2D eigenvalue weighted by Gasteiger charge is -2.39. The van der Waals surface area contributed by atoms with Gasteiger partial charge in [0.05, 0.1) is 17.6 Å². The molecule has 1 saturated carbocycles. The topological polar surface area (TPSA) is 101 Å². The van der Waals surface area contributed by atoms with Crippen LogP contribution < -0.4 is 0 Å². The number of thiazole rings is 1. The quantitative estimate of drug-likeness (QED) is 0.161. The van der Waals surface area contributed by atoms with Gasteiger partial charge in [-0.1, -0.05) is 23.8 Å². The SMILES string of the molecule is C=CCn1cc(C2C=CC(Cl)=CC2(C)S(=O)(=O)n2ccc3c(-c4cnc(C5(OCOC)CCC5)s4)ccnc32)cn1. The zero-order valence-electron chi connectivity index (χ0n) is 22.7. The molecule has 1 fully saturated rings. The fourth-order valence-corrected chi connectivity index (χ4v) is 8.92. The van der Waals surface area contributed by atoms with E-state index < -0.39 is 26.3 Å². The van der Waals surface area contributed by atoms with E-state index in [1.807, 2.05) is 24.5 Å². The van der Waals surface area contributed by atoms with Gasteiger partial charge in [-0.25, -0.2) is 22.4 Å². The maximum atomic E-state index is 14.5. The van der Waals surface area contributed by atoms with Crippen LogP contribution in [0.1, 0.15) is 42.7 Å². The van der Waals surface area contributed by atoms with E-state index in [0.717, 1.165) is 40.3 Å². The molecule has 0 bridgehead atoms. The van der Waals surface area contributed by atoms with E-state index in [0.29, 0.717) is 22.6 Å². The first kappa shape index (κ1) is 28.0. The summed E-state index contributed by atoms with van der Waals surface area (Å²) < 4.78 is 41.7. The van der Waals surface area contributed by atoms with Gasteiger partial charge < -0.3 is 9.47 Å². The summed E-state index contributed by atoms with van der Waals surface area (Å²) in [6, 6.07) is 3.68. The first-order chi connectivity index (χ1) is 19.7. The number of fused-ring (bicyclic) bond motifs is 1. The number of methoxy groups -OCH3 is 1. The van der Waals surface area contributed by atoms with E-state index in [1.54, 1.807) is 72.9 Å². The summed E-state index contributed by atoms with van der Waals surface area (Å²) in [5, 5.41) is 6.34. The van der Waals surface area contributed by atoms with Crippen molar-refractivity contribution in [2.24, 2.45) is 0 Å². The number of nitrogens with zero attached hydrogens (tertiary/aromatic N) is 5. The molecule has 4 heterocycles. The summed E-state index contributed by atoms with van der Waals surface area (Å²) in [6.45, 7) is 6.17. The van der Waals surface area contributed by atoms with E-state index in [2.05, 4.69) is 16.7 Å². The van der Waals surface area contributed by atoms with E-state index >= 15 is 0 Å². The van der Waals surface area contributed by atoms with Crippen LogP contribution in [0, 0.1) is 0 Å². The van der Waals surface area contributed by atoms with Gasteiger partial charge in [0.25, 0.3) is 0 Å². The van der Waals surface area contributed by atoms with Crippen LogP contribution >= 0.6 is 22.9 Å². The van der Waals surface area contributed by atoms with Crippen LogP contribution in [0.4, 0.5) is 0 Å². The summed E-state index contributed by atoms with van der Waals surface area (Å²) in [5.74, 6) is -0.524. The molecule has 0 aromatic carbocycles. The largest absolute Gasteiger partial charge is 0.359 e. The monoisotopic (exact) mass is 611 g/mol. The molecule has 0 amide bonds. The minimum Gasteiger partial charge on any atom is -0.359 e. The van der Waals surface area contributed by atoms with Crippen molar-refractivity contribution in [3.63, 3.8) is 0 Å². The molecule has 0 radical (unpaired) electrons. The molecule has 0 aliphatic heterocycles. The molecule has 4 aromatic rings. The van der Waals surface area contributed by atoms with Gasteiger partial charge in [0, 0.05) is 53.8 Å². The highest BCUT2D eigenvalue weighted by Gasteiger charge is 2.48. The first-order valence-corrected chi connectivity index (χ1v) is 15.9. The molecule has 41 heavy (non-hydrogen) atoms. The van der Waals surface area contributed by atoms with Crippen LogP contribution in [0.5, 0.6) is 0 Å². The van der Waals surface area contributed by atoms with Crippen molar-refractivity contribution >= 4 is 44.0 Å². The Morgan fingerprint density at radius 1 is 1.27 bits per heavy atom. The molecule has 0 spiro atoms. The van der Waals surface area contributed by atoms with Crippen molar-refractivity contribution in [1.82, 2.24) is 23.7 Å². The summed E-state index contributed by atoms with van der Waals surface area (Å²) in [5.41, 5.74) is 1.53. The summed E-state index contributed by atoms with van der Waals surface area (Å²) in [6.07, 6.45) is 18.3. The molecule has 2 aliphatic rings. The van der Waals surface area contributed by atoms with E-state index in [4.69, 9.17) is 26.1 Å². The van der Waals surface area contributed by atoms with Crippen LogP contribution in [0.15, 0.2) is 79.0 Å². The highest BCUT2D eigenvalue weighted by molar-refractivity contribution is 7.91. The number of ether oxygens (including phenoxy) is 2. The van der Waals surface area contributed by atoms with Crippen molar-refractivity contribution in [2.75, 3.05) is 13.9 Å². The third kappa shape index (κ3) is 4.60. The van der Waals surface area contributed by atoms with Gasteiger partial charge in [-0.2, -0.15) is 5.10 Å². The number of rotatable bonds is 10. The number of halogens is 1. The normalized spacial score (nSPS) is 22.0. The van der Waals surface area contributed by atoms with Gasteiger partial charge in [-0.15, -0.1) is 17.9 Å². The number of pyridine rings is 1. The molecule has 2 aliphatic carbocycles. The molecule has 9 nitrogen and oxygen atoms in total. The predicted octanol–water partition coefficient (Wildman–Crippen LogP) is 5.95. The smallest absolute Gasteiger partial charge is 0.250 e. The lowest BCUT2D eigenvalue weighted by atomic mass is 9.80. The summed E-state index contributed by atoms with van der Waals surface area (Å²) >= 11 is 7.97. The van der Waals surface area contributed by atoms with Gasteiger partial charge in [-0.05, 0) is 56.0 Å². The Balaban J connectivity index is 1.40. The Kier molecular flexibility index (Phi) is 7.27. The Morgan fingerprint density at radius 3 is 2.83 bits per heavy atom. The first-order valence-electron chi connectivity index (χ1n) is 13.2. The fourth-order valence-electron chi connectivity index (χ4n) is 5.57. The van der Waals surface area contributed by atoms with Crippen molar-refractivity contribution in [3.05, 3.63) is 89.6 Å². The number of aromatic nitrogens is 5. The van der Waals surface area contributed by atoms with Crippen molar-refractivity contribution in [2.45, 2.75) is 49.0 Å². The maximum absolute atomic E-state index is 14.5. The average Bonchev–Trinajstić information content (AvgIpc) is 3.68. The minimum absolute atomic E-state index is 0.206.